The smallest absolute Gasteiger partial charge is 0.219 e. The van der Waals surface area contributed by atoms with Crippen molar-refractivity contribution in [2.24, 2.45) is 0 Å². The van der Waals surface area contributed by atoms with Gasteiger partial charge in [0.25, 0.3) is 0 Å². The van der Waals surface area contributed by atoms with Crippen LogP contribution in [-0.2, 0) is 9.53 Å². The number of nitrogens with zero attached hydrogens (tertiary/aromatic N) is 4. The summed E-state index contributed by atoms with van der Waals surface area (Å²) in [5.41, 5.74) is 1.81. The Morgan fingerprint density at radius 3 is 2.86 bits per heavy atom. The number of benzene rings is 1. The van der Waals surface area contributed by atoms with Crippen molar-refractivity contribution in [1.29, 1.82) is 0 Å². The second kappa shape index (κ2) is 10.8. The topological polar surface area (TPSA) is 112 Å². The predicted molar refractivity (Wildman–Crippen MR) is 142 cm³/mol. The van der Waals surface area contributed by atoms with Gasteiger partial charge in [0.15, 0.2) is 5.82 Å². The normalized spacial score (nSPS) is 21.2. The number of aliphatic hydroxyl groups is 1. The SMILES string of the molecule is CNCC(O)COc1cccc(-c2nc(N[C@@H]3CCOC3)c(C)c(N3CCN(C(C)=O)CC34CC4)n2)c1. The van der Waals surface area contributed by atoms with Crippen LogP contribution in [-0.4, -0.2) is 96.6 Å². The molecular formula is C27H38N6O4. The van der Waals surface area contributed by atoms with Crippen molar-refractivity contribution in [3.05, 3.63) is 29.8 Å². The highest BCUT2D eigenvalue weighted by molar-refractivity contribution is 5.75. The molecule has 3 N–H and O–H groups in total. The summed E-state index contributed by atoms with van der Waals surface area (Å²) >= 11 is 0. The highest BCUT2D eigenvalue weighted by Gasteiger charge is 2.52. The average Bonchev–Trinajstić information content (AvgIpc) is 3.45. The van der Waals surface area contributed by atoms with Crippen molar-refractivity contribution in [2.45, 2.75) is 50.8 Å². The monoisotopic (exact) mass is 510 g/mol. The minimum absolute atomic E-state index is 0.0531. The first-order valence-corrected chi connectivity index (χ1v) is 13.2. The van der Waals surface area contributed by atoms with Gasteiger partial charge in [-0.3, -0.25) is 4.79 Å². The van der Waals surface area contributed by atoms with E-state index in [2.05, 4.69) is 22.5 Å². The summed E-state index contributed by atoms with van der Waals surface area (Å²) in [6.45, 7) is 7.96. The van der Waals surface area contributed by atoms with Crippen molar-refractivity contribution in [2.75, 3.05) is 63.3 Å². The van der Waals surface area contributed by atoms with E-state index in [0.717, 1.165) is 61.7 Å². The van der Waals surface area contributed by atoms with Gasteiger partial charge in [0, 0.05) is 50.8 Å². The molecule has 3 aliphatic rings. The number of anilines is 2. The molecule has 5 rings (SSSR count). The van der Waals surface area contributed by atoms with E-state index in [9.17, 15) is 9.90 Å². The van der Waals surface area contributed by atoms with E-state index < -0.39 is 6.10 Å². The molecule has 1 amide bonds. The van der Waals surface area contributed by atoms with Gasteiger partial charge in [0.1, 0.15) is 30.1 Å². The van der Waals surface area contributed by atoms with Crippen LogP contribution in [0.15, 0.2) is 24.3 Å². The zero-order chi connectivity index (χ0) is 26.0. The lowest BCUT2D eigenvalue weighted by Gasteiger charge is -2.43. The lowest BCUT2D eigenvalue weighted by molar-refractivity contribution is -0.129. The molecule has 2 aromatic rings. The van der Waals surface area contributed by atoms with Crippen LogP contribution in [0.25, 0.3) is 11.4 Å². The molecule has 2 atom stereocenters. The van der Waals surface area contributed by atoms with Crippen molar-refractivity contribution in [1.82, 2.24) is 20.2 Å². The van der Waals surface area contributed by atoms with E-state index in [0.29, 0.717) is 31.3 Å². The molecule has 37 heavy (non-hydrogen) atoms. The minimum Gasteiger partial charge on any atom is -0.491 e. The third kappa shape index (κ3) is 5.66. The molecule has 0 radical (unpaired) electrons. The first-order chi connectivity index (χ1) is 17.9. The van der Waals surface area contributed by atoms with Crippen molar-refractivity contribution in [3.63, 3.8) is 0 Å². The zero-order valence-corrected chi connectivity index (χ0v) is 22.0. The largest absolute Gasteiger partial charge is 0.491 e. The minimum atomic E-state index is -0.594. The Morgan fingerprint density at radius 1 is 1.32 bits per heavy atom. The van der Waals surface area contributed by atoms with Crippen LogP contribution >= 0.6 is 0 Å². The lowest BCUT2D eigenvalue weighted by Crippen LogP contribution is -2.56. The van der Waals surface area contributed by atoms with Gasteiger partial charge >= 0.3 is 0 Å². The van der Waals surface area contributed by atoms with Gasteiger partial charge in [-0.25, -0.2) is 9.97 Å². The molecule has 0 bridgehead atoms. The summed E-state index contributed by atoms with van der Waals surface area (Å²) < 4.78 is 11.4. The van der Waals surface area contributed by atoms with Crippen LogP contribution in [0.3, 0.4) is 0 Å². The molecule has 2 aliphatic heterocycles. The summed E-state index contributed by atoms with van der Waals surface area (Å²) in [6.07, 6.45) is 2.44. The number of ether oxygens (including phenoxy) is 2. The van der Waals surface area contributed by atoms with Crippen molar-refractivity contribution >= 4 is 17.5 Å². The number of amides is 1. The first-order valence-electron chi connectivity index (χ1n) is 13.2. The molecule has 3 heterocycles. The summed E-state index contributed by atoms with van der Waals surface area (Å²) in [6, 6.07) is 7.91. The Labute approximate surface area is 218 Å². The van der Waals surface area contributed by atoms with E-state index in [4.69, 9.17) is 19.4 Å². The standard InChI is InChI=1S/C27H38N6O4/c1-18-24(29-21-7-12-36-15-21)30-25(20-5-4-6-23(13-20)37-16-22(35)14-28-3)31-26(18)33-11-10-32(19(2)34)17-27(33)8-9-27/h4-6,13,21-22,28,35H,7-12,14-17H2,1-3H3,(H,29,30,31)/t21-,22?/m1/s1. The number of aromatic nitrogens is 2. The Balaban J connectivity index is 1.47. The average molecular weight is 511 g/mol. The summed E-state index contributed by atoms with van der Waals surface area (Å²) in [7, 11) is 1.80. The van der Waals surface area contributed by atoms with E-state index in [-0.39, 0.29) is 24.1 Å². The first kappa shape index (κ1) is 25.7. The van der Waals surface area contributed by atoms with Crippen LogP contribution in [0.1, 0.15) is 31.7 Å². The number of carbonyl (C=O) groups is 1. The molecule has 1 aliphatic carbocycles. The maximum Gasteiger partial charge on any atom is 0.219 e. The molecule has 1 saturated carbocycles. The number of piperazine rings is 1. The maximum atomic E-state index is 12.1. The fraction of sp³-hybridized carbons (Fsp3) is 0.593. The van der Waals surface area contributed by atoms with E-state index in [1.807, 2.05) is 29.2 Å². The van der Waals surface area contributed by atoms with Crippen LogP contribution < -0.4 is 20.3 Å². The van der Waals surface area contributed by atoms with Crippen molar-refractivity contribution < 1.29 is 19.4 Å². The Morgan fingerprint density at radius 2 is 2.16 bits per heavy atom. The lowest BCUT2D eigenvalue weighted by atomic mass is 10.1. The number of hydrogen-bond acceptors (Lipinski definition) is 9. The number of rotatable bonds is 9. The molecule has 1 spiro atoms. The van der Waals surface area contributed by atoms with Crippen LogP contribution in [0.4, 0.5) is 11.6 Å². The van der Waals surface area contributed by atoms with Gasteiger partial charge in [-0.15, -0.1) is 0 Å². The predicted octanol–water partition coefficient (Wildman–Crippen LogP) is 1.81. The van der Waals surface area contributed by atoms with Crippen LogP contribution in [0.2, 0.25) is 0 Å². The number of hydrogen-bond donors (Lipinski definition) is 3. The molecule has 10 nitrogen and oxygen atoms in total. The maximum absolute atomic E-state index is 12.1. The van der Waals surface area contributed by atoms with Gasteiger partial charge in [-0.2, -0.15) is 0 Å². The van der Waals surface area contributed by atoms with E-state index >= 15 is 0 Å². The second-order valence-electron chi connectivity index (χ2n) is 10.4. The fourth-order valence-corrected chi connectivity index (χ4v) is 5.24. The number of nitrogens with one attached hydrogen (secondary N) is 2. The van der Waals surface area contributed by atoms with Gasteiger partial charge in [-0.1, -0.05) is 12.1 Å². The molecule has 1 aromatic heterocycles. The Bertz CT molecular complexity index is 1120. The third-order valence-corrected chi connectivity index (χ3v) is 7.54. The molecule has 2 saturated heterocycles. The van der Waals surface area contributed by atoms with Gasteiger partial charge in [0.2, 0.25) is 5.91 Å². The summed E-state index contributed by atoms with van der Waals surface area (Å²) in [5.74, 6) is 3.14. The molecule has 3 fully saturated rings. The molecule has 10 heteroatoms. The number of aliphatic hydroxyl groups excluding tert-OH is 1. The van der Waals surface area contributed by atoms with Crippen molar-refractivity contribution in [3.8, 4) is 17.1 Å². The van der Waals surface area contributed by atoms with Gasteiger partial charge in [-0.05, 0) is 45.4 Å². The summed E-state index contributed by atoms with van der Waals surface area (Å²) in [4.78, 5) is 26.5. The van der Waals surface area contributed by atoms with Gasteiger partial charge in [0.05, 0.1) is 18.2 Å². The summed E-state index contributed by atoms with van der Waals surface area (Å²) in [5, 5.41) is 16.6. The Hall–Kier alpha value is -2.95. The van der Waals surface area contributed by atoms with Crippen LogP contribution in [0, 0.1) is 6.92 Å². The molecule has 1 unspecified atom stereocenters. The Kier molecular flexibility index (Phi) is 7.50. The molecule has 1 aromatic carbocycles. The quantitative estimate of drug-likeness (QED) is 0.465. The van der Waals surface area contributed by atoms with E-state index in [1.165, 1.54) is 0 Å². The third-order valence-electron chi connectivity index (χ3n) is 7.54. The highest BCUT2D eigenvalue weighted by Crippen LogP contribution is 2.47. The number of likely N-dealkylation sites (N-methyl/N-ethyl adjacent to an activating group) is 1. The second-order valence-corrected chi connectivity index (χ2v) is 10.4. The van der Waals surface area contributed by atoms with E-state index in [1.54, 1.807) is 14.0 Å². The van der Waals surface area contributed by atoms with Crippen LogP contribution in [0.5, 0.6) is 5.75 Å². The molecule has 200 valence electrons. The number of carbonyl (C=O) groups excluding carboxylic acids is 1. The fourth-order valence-electron chi connectivity index (χ4n) is 5.24. The zero-order valence-electron chi connectivity index (χ0n) is 22.0. The molecular weight excluding hydrogens is 472 g/mol. The van der Waals surface area contributed by atoms with Gasteiger partial charge < -0.3 is 35.0 Å². The highest BCUT2D eigenvalue weighted by atomic mass is 16.5.